The van der Waals surface area contributed by atoms with Gasteiger partial charge in [-0.2, -0.15) is 0 Å². The summed E-state index contributed by atoms with van der Waals surface area (Å²) in [6.45, 7) is 6.14. The Morgan fingerprint density at radius 1 is 0.905 bits per heavy atom. The van der Waals surface area contributed by atoms with E-state index in [1.807, 2.05) is 45.0 Å². The Labute approximate surface area is 127 Å². The van der Waals surface area contributed by atoms with Gasteiger partial charge in [0.2, 0.25) is 0 Å². The molecule has 0 radical (unpaired) electrons. The van der Waals surface area contributed by atoms with Crippen molar-refractivity contribution >= 4 is 6.01 Å². The van der Waals surface area contributed by atoms with Gasteiger partial charge in [0.15, 0.2) is 0 Å². The van der Waals surface area contributed by atoms with Crippen LogP contribution in [0.15, 0.2) is 70.6 Å². The van der Waals surface area contributed by atoms with E-state index in [9.17, 15) is 0 Å². The summed E-state index contributed by atoms with van der Waals surface area (Å²) in [7, 11) is 0. The smallest absolute Gasteiger partial charge is 0.0904 e. The standard InChI is InChI=1S/C19H22N2/c1-19(2,3)21-15-20-18(17-12-8-5-9-13-17)14-16-10-6-4-7-11-16/h4-13,18H,14H2,1-3H3. The van der Waals surface area contributed by atoms with E-state index in [2.05, 4.69) is 52.4 Å². The van der Waals surface area contributed by atoms with Crippen molar-refractivity contribution < 1.29 is 0 Å². The number of nitrogens with zero attached hydrogens (tertiary/aromatic N) is 2. The topological polar surface area (TPSA) is 24.7 Å². The molecule has 1 atom stereocenters. The van der Waals surface area contributed by atoms with Gasteiger partial charge in [-0.05, 0) is 38.3 Å². The van der Waals surface area contributed by atoms with Gasteiger partial charge in [-0.25, -0.2) is 9.98 Å². The molecule has 0 aliphatic rings. The Kier molecular flexibility index (Phi) is 5.08. The minimum Gasteiger partial charge on any atom is -0.220 e. The van der Waals surface area contributed by atoms with Crippen LogP contribution in [0.25, 0.3) is 0 Å². The molecule has 0 aromatic heterocycles. The summed E-state index contributed by atoms with van der Waals surface area (Å²) < 4.78 is 0. The zero-order valence-electron chi connectivity index (χ0n) is 13.0. The molecular weight excluding hydrogens is 256 g/mol. The summed E-state index contributed by atoms with van der Waals surface area (Å²) in [5.74, 6) is 0. The fourth-order valence-electron chi connectivity index (χ4n) is 2.00. The fourth-order valence-corrected chi connectivity index (χ4v) is 2.00. The Morgan fingerprint density at radius 3 is 2.05 bits per heavy atom. The van der Waals surface area contributed by atoms with Crippen LogP contribution in [0.1, 0.15) is 37.9 Å². The van der Waals surface area contributed by atoms with Crippen LogP contribution in [0.4, 0.5) is 0 Å². The van der Waals surface area contributed by atoms with Gasteiger partial charge in [-0.3, -0.25) is 0 Å². The summed E-state index contributed by atoms with van der Waals surface area (Å²) in [5, 5.41) is 0. The zero-order valence-corrected chi connectivity index (χ0v) is 13.0. The number of aliphatic imine (C=N–C) groups is 2. The van der Waals surface area contributed by atoms with Crippen LogP contribution in [0.2, 0.25) is 0 Å². The van der Waals surface area contributed by atoms with Crippen LogP contribution in [0, 0.1) is 0 Å². The SMILES string of the molecule is CC(C)(C)N=C=NC(Cc1ccccc1)c1ccccc1. The third kappa shape index (κ3) is 5.37. The van der Waals surface area contributed by atoms with E-state index in [4.69, 9.17) is 0 Å². The summed E-state index contributed by atoms with van der Waals surface area (Å²) in [6, 6.07) is 23.7. The van der Waals surface area contributed by atoms with Gasteiger partial charge in [0, 0.05) is 0 Å². The lowest BCUT2D eigenvalue weighted by Gasteiger charge is -2.12. The molecule has 0 bridgehead atoms. The van der Waals surface area contributed by atoms with E-state index in [1.54, 1.807) is 0 Å². The van der Waals surface area contributed by atoms with Gasteiger partial charge in [-0.15, -0.1) is 0 Å². The Morgan fingerprint density at radius 2 is 1.48 bits per heavy atom. The van der Waals surface area contributed by atoms with Crippen LogP contribution in [-0.4, -0.2) is 11.5 Å². The van der Waals surface area contributed by atoms with Crippen molar-refractivity contribution in [3.05, 3.63) is 71.8 Å². The number of rotatable bonds is 4. The van der Waals surface area contributed by atoms with E-state index < -0.39 is 0 Å². The molecule has 0 aliphatic heterocycles. The van der Waals surface area contributed by atoms with Crippen molar-refractivity contribution in [3.8, 4) is 0 Å². The normalized spacial score (nSPS) is 12.3. The molecule has 0 aliphatic carbocycles. The van der Waals surface area contributed by atoms with E-state index in [-0.39, 0.29) is 11.6 Å². The Bertz CT molecular complexity index is 603. The van der Waals surface area contributed by atoms with Crippen molar-refractivity contribution in [2.45, 2.75) is 38.8 Å². The van der Waals surface area contributed by atoms with Gasteiger partial charge < -0.3 is 0 Å². The Balaban J connectivity index is 2.25. The van der Waals surface area contributed by atoms with Crippen molar-refractivity contribution in [1.29, 1.82) is 0 Å². The molecule has 2 aromatic rings. The number of hydrogen-bond donors (Lipinski definition) is 0. The van der Waals surface area contributed by atoms with Crippen LogP contribution in [0.3, 0.4) is 0 Å². The predicted octanol–water partition coefficient (Wildman–Crippen LogP) is 4.94. The van der Waals surface area contributed by atoms with Gasteiger partial charge in [0.05, 0.1) is 17.6 Å². The van der Waals surface area contributed by atoms with Gasteiger partial charge in [0.25, 0.3) is 0 Å². The zero-order chi connectivity index (χ0) is 15.1. The second-order valence-electron chi connectivity index (χ2n) is 6.13. The van der Waals surface area contributed by atoms with Crippen LogP contribution >= 0.6 is 0 Å². The van der Waals surface area contributed by atoms with Crippen LogP contribution in [0.5, 0.6) is 0 Å². The highest BCUT2D eigenvalue weighted by Gasteiger charge is 2.10. The largest absolute Gasteiger partial charge is 0.220 e. The maximum absolute atomic E-state index is 4.56. The van der Waals surface area contributed by atoms with Gasteiger partial charge in [-0.1, -0.05) is 60.7 Å². The summed E-state index contributed by atoms with van der Waals surface area (Å²) in [5.41, 5.74) is 2.32. The van der Waals surface area contributed by atoms with E-state index >= 15 is 0 Å². The Hall–Kier alpha value is -2.18. The van der Waals surface area contributed by atoms with E-state index in [1.165, 1.54) is 11.1 Å². The average Bonchev–Trinajstić information content (AvgIpc) is 2.47. The van der Waals surface area contributed by atoms with Crippen LogP contribution in [-0.2, 0) is 6.42 Å². The van der Waals surface area contributed by atoms with Crippen molar-refractivity contribution in [1.82, 2.24) is 0 Å². The highest BCUT2D eigenvalue weighted by Crippen LogP contribution is 2.21. The fraction of sp³-hybridized carbons (Fsp3) is 0.316. The molecule has 1 unspecified atom stereocenters. The van der Waals surface area contributed by atoms with E-state index in [0.717, 1.165) is 6.42 Å². The first-order valence-corrected chi connectivity index (χ1v) is 7.30. The number of benzene rings is 2. The molecule has 0 N–H and O–H groups in total. The maximum Gasteiger partial charge on any atom is 0.0904 e. The molecule has 0 saturated carbocycles. The van der Waals surface area contributed by atoms with Gasteiger partial charge in [0.1, 0.15) is 0 Å². The minimum absolute atomic E-state index is 0.0553. The van der Waals surface area contributed by atoms with Crippen molar-refractivity contribution in [2.75, 3.05) is 0 Å². The highest BCUT2D eigenvalue weighted by molar-refractivity contribution is 5.44. The number of hydrogen-bond acceptors (Lipinski definition) is 2. The minimum atomic E-state index is -0.141. The van der Waals surface area contributed by atoms with Crippen LogP contribution < -0.4 is 0 Å². The molecule has 0 saturated heterocycles. The monoisotopic (exact) mass is 278 g/mol. The molecule has 0 amide bonds. The lowest BCUT2D eigenvalue weighted by Crippen LogP contribution is -2.08. The lowest BCUT2D eigenvalue weighted by molar-refractivity contribution is 0.585. The predicted molar refractivity (Wildman–Crippen MR) is 88.9 cm³/mol. The maximum atomic E-state index is 4.56. The summed E-state index contributed by atoms with van der Waals surface area (Å²) in [6.07, 6.45) is 0.859. The molecule has 108 valence electrons. The molecular formula is C19H22N2. The molecule has 21 heavy (non-hydrogen) atoms. The molecule has 2 nitrogen and oxygen atoms in total. The first kappa shape index (κ1) is 15.2. The molecule has 2 heteroatoms. The van der Waals surface area contributed by atoms with Crippen molar-refractivity contribution in [3.63, 3.8) is 0 Å². The lowest BCUT2D eigenvalue weighted by atomic mass is 9.99. The first-order chi connectivity index (χ1) is 10.0. The van der Waals surface area contributed by atoms with E-state index in [0.29, 0.717) is 0 Å². The second kappa shape index (κ2) is 7.01. The summed E-state index contributed by atoms with van der Waals surface area (Å²) in [4.78, 5) is 8.90. The molecule has 2 aromatic carbocycles. The highest BCUT2D eigenvalue weighted by atomic mass is 14.9. The van der Waals surface area contributed by atoms with Gasteiger partial charge >= 0.3 is 0 Å². The second-order valence-corrected chi connectivity index (χ2v) is 6.13. The quantitative estimate of drug-likeness (QED) is 0.707. The van der Waals surface area contributed by atoms with Crippen molar-refractivity contribution in [2.24, 2.45) is 9.98 Å². The third-order valence-electron chi connectivity index (χ3n) is 3.06. The first-order valence-electron chi connectivity index (χ1n) is 7.30. The molecule has 0 fully saturated rings. The molecule has 0 spiro atoms. The summed E-state index contributed by atoms with van der Waals surface area (Å²) >= 11 is 0. The average molecular weight is 278 g/mol. The molecule has 0 heterocycles. The third-order valence-corrected chi connectivity index (χ3v) is 3.06. The molecule has 2 rings (SSSR count).